The van der Waals surface area contributed by atoms with Crippen LogP contribution in [0.4, 0.5) is 0 Å². The van der Waals surface area contributed by atoms with Gasteiger partial charge in [0.2, 0.25) is 0 Å². The Morgan fingerprint density at radius 3 is 2.68 bits per heavy atom. The fourth-order valence-corrected chi connectivity index (χ4v) is 1.67. The molecule has 1 rings (SSSR count). The van der Waals surface area contributed by atoms with Gasteiger partial charge in [-0.25, -0.2) is 0 Å². The highest BCUT2D eigenvalue weighted by Gasteiger charge is 2.13. The first-order valence-corrected chi connectivity index (χ1v) is 6.26. The zero-order valence-electron chi connectivity index (χ0n) is 11.2. The van der Waals surface area contributed by atoms with Crippen molar-refractivity contribution in [3.8, 4) is 5.75 Å². The number of carbonyl (C=O) groups is 2. The number of carbonyl (C=O) groups excluding carboxylic acids is 1. The van der Waals surface area contributed by atoms with Crippen LogP contribution in [0.15, 0.2) is 24.3 Å². The highest BCUT2D eigenvalue weighted by molar-refractivity contribution is 5.96. The lowest BCUT2D eigenvalue weighted by atomic mass is 10.1. The molecular weight excluding hydrogens is 246 g/mol. The van der Waals surface area contributed by atoms with Crippen LogP contribution in [0.5, 0.6) is 5.75 Å². The van der Waals surface area contributed by atoms with Crippen molar-refractivity contribution in [2.24, 2.45) is 5.92 Å². The van der Waals surface area contributed by atoms with Crippen LogP contribution in [-0.2, 0) is 4.79 Å². The normalized spacial score (nSPS) is 11.7. The molecule has 19 heavy (non-hydrogen) atoms. The Morgan fingerprint density at radius 1 is 1.37 bits per heavy atom. The van der Waals surface area contributed by atoms with Gasteiger partial charge in [-0.15, -0.1) is 0 Å². The molecule has 0 spiro atoms. The third-order valence-electron chi connectivity index (χ3n) is 2.57. The minimum absolute atomic E-state index is 0.0351. The number of hydrogen-bond acceptors (Lipinski definition) is 3. The molecule has 2 N–H and O–H groups in total. The molecule has 1 atom stereocenters. The first-order valence-electron chi connectivity index (χ1n) is 6.26. The molecule has 0 aliphatic heterocycles. The second kappa shape index (κ2) is 7.41. The number of benzene rings is 1. The SMILES string of the molecule is CCOc1ccccc1C(=O)NCC(C)CC(=O)O. The Hall–Kier alpha value is -2.04. The quantitative estimate of drug-likeness (QED) is 0.789. The van der Waals surface area contributed by atoms with Gasteiger partial charge in [0.15, 0.2) is 0 Å². The average Bonchev–Trinajstić information content (AvgIpc) is 2.36. The predicted molar refractivity (Wildman–Crippen MR) is 71.4 cm³/mol. The van der Waals surface area contributed by atoms with Crippen molar-refractivity contribution in [3.05, 3.63) is 29.8 Å². The lowest BCUT2D eigenvalue weighted by molar-refractivity contribution is -0.137. The minimum Gasteiger partial charge on any atom is -0.493 e. The Labute approximate surface area is 112 Å². The summed E-state index contributed by atoms with van der Waals surface area (Å²) < 4.78 is 5.37. The van der Waals surface area contributed by atoms with Crippen LogP contribution >= 0.6 is 0 Å². The second-order valence-corrected chi connectivity index (χ2v) is 4.34. The first kappa shape index (κ1) is 15.0. The van der Waals surface area contributed by atoms with E-state index in [1.165, 1.54) is 0 Å². The van der Waals surface area contributed by atoms with Crippen LogP contribution in [0.1, 0.15) is 30.6 Å². The van der Waals surface area contributed by atoms with Crippen LogP contribution in [0.2, 0.25) is 0 Å². The van der Waals surface area contributed by atoms with Gasteiger partial charge in [-0.1, -0.05) is 19.1 Å². The molecule has 1 aromatic rings. The minimum atomic E-state index is -0.864. The number of carboxylic acid groups (broad SMARTS) is 1. The third-order valence-corrected chi connectivity index (χ3v) is 2.57. The van der Waals surface area contributed by atoms with Crippen molar-refractivity contribution >= 4 is 11.9 Å². The van der Waals surface area contributed by atoms with E-state index in [0.29, 0.717) is 24.5 Å². The van der Waals surface area contributed by atoms with Gasteiger partial charge in [-0.3, -0.25) is 9.59 Å². The van der Waals surface area contributed by atoms with Crippen LogP contribution in [-0.4, -0.2) is 30.1 Å². The van der Waals surface area contributed by atoms with Crippen molar-refractivity contribution in [1.82, 2.24) is 5.32 Å². The molecule has 0 aliphatic carbocycles. The van der Waals surface area contributed by atoms with Gasteiger partial charge in [0.1, 0.15) is 5.75 Å². The Balaban J connectivity index is 2.60. The van der Waals surface area contributed by atoms with Crippen molar-refractivity contribution < 1.29 is 19.4 Å². The maximum atomic E-state index is 12.0. The van der Waals surface area contributed by atoms with Crippen LogP contribution in [0, 0.1) is 5.92 Å². The van der Waals surface area contributed by atoms with Crippen molar-refractivity contribution in [2.45, 2.75) is 20.3 Å². The molecule has 0 heterocycles. The van der Waals surface area contributed by atoms with E-state index in [1.807, 2.05) is 6.92 Å². The van der Waals surface area contributed by atoms with E-state index in [9.17, 15) is 9.59 Å². The first-order chi connectivity index (χ1) is 9.04. The number of carboxylic acids is 1. The summed E-state index contributed by atoms with van der Waals surface area (Å²) in [6.07, 6.45) is 0.0351. The number of nitrogens with one attached hydrogen (secondary N) is 1. The predicted octanol–water partition coefficient (Wildman–Crippen LogP) is 1.93. The third kappa shape index (κ3) is 4.99. The Bertz CT molecular complexity index is 445. The Morgan fingerprint density at radius 2 is 2.05 bits per heavy atom. The zero-order chi connectivity index (χ0) is 14.3. The molecule has 0 fully saturated rings. The Kier molecular flexibility index (Phi) is 5.85. The molecule has 0 bridgehead atoms. The van der Waals surface area contributed by atoms with Crippen molar-refractivity contribution in [1.29, 1.82) is 0 Å². The summed E-state index contributed by atoms with van der Waals surface area (Å²) in [5.41, 5.74) is 0.465. The summed E-state index contributed by atoms with van der Waals surface area (Å²) >= 11 is 0. The molecular formula is C14H19NO4. The van der Waals surface area contributed by atoms with Gasteiger partial charge in [0, 0.05) is 13.0 Å². The molecule has 0 saturated heterocycles. The topological polar surface area (TPSA) is 75.6 Å². The van der Waals surface area contributed by atoms with E-state index in [4.69, 9.17) is 9.84 Å². The fraction of sp³-hybridized carbons (Fsp3) is 0.429. The van der Waals surface area contributed by atoms with Crippen LogP contribution in [0.25, 0.3) is 0 Å². The summed E-state index contributed by atoms with van der Waals surface area (Å²) in [5.74, 6) is -0.688. The van der Waals surface area contributed by atoms with Crippen molar-refractivity contribution in [3.63, 3.8) is 0 Å². The highest BCUT2D eigenvalue weighted by Crippen LogP contribution is 2.17. The number of amides is 1. The molecule has 1 aromatic carbocycles. The van der Waals surface area contributed by atoms with Crippen LogP contribution < -0.4 is 10.1 Å². The van der Waals surface area contributed by atoms with E-state index in [2.05, 4.69) is 5.32 Å². The smallest absolute Gasteiger partial charge is 0.303 e. The van der Waals surface area contributed by atoms with E-state index < -0.39 is 5.97 Å². The molecule has 0 saturated carbocycles. The molecule has 0 radical (unpaired) electrons. The molecule has 5 nitrogen and oxygen atoms in total. The number of ether oxygens (including phenoxy) is 1. The summed E-state index contributed by atoms with van der Waals surface area (Å²) in [6, 6.07) is 6.98. The fourth-order valence-electron chi connectivity index (χ4n) is 1.67. The van der Waals surface area contributed by atoms with Gasteiger partial charge < -0.3 is 15.2 Å². The molecule has 1 amide bonds. The number of rotatable bonds is 7. The largest absolute Gasteiger partial charge is 0.493 e. The zero-order valence-corrected chi connectivity index (χ0v) is 11.2. The van der Waals surface area contributed by atoms with Crippen LogP contribution in [0.3, 0.4) is 0 Å². The van der Waals surface area contributed by atoms with Gasteiger partial charge in [0.25, 0.3) is 5.91 Å². The van der Waals surface area contributed by atoms with E-state index >= 15 is 0 Å². The maximum Gasteiger partial charge on any atom is 0.303 e. The molecule has 1 unspecified atom stereocenters. The molecule has 0 aromatic heterocycles. The number of para-hydroxylation sites is 1. The highest BCUT2D eigenvalue weighted by atomic mass is 16.5. The summed E-state index contributed by atoms with van der Waals surface area (Å²) in [7, 11) is 0. The number of hydrogen-bond donors (Lipinski definition) is 2. The van der Waals surface area contributed by atoms with E-state index in [-0.39, 0.29) is 18.2 Å². The average molecular weight is 265 g/mol. The maximum absolute atomic E-state index is 12.0. The van der Waals surface area contributed by atoms with Gasteiger partial charge in [0.05, 0.1) is 12.2 Å². The lowest BCUT2D eigenvalue weighted by Gasteiger charge is -2.12. The van der Waals surface area contributed by atoms with Gasteiger partial charge in [-0.2, -0.15) is 0 Å². The molecule has 0 aliphatic rings. The molecule has 5 heteroatoms. The summed E-state index contributed by atoms with van der Waals surface area (Å²) in [5, 5.41) is 11.4. The van der Waals surface area contributed by atoms with Gasteiger partial charge in [-0.05, 0) is 25.0 Å². The van der Waals surface area contributed by atoms with Crippen molar-refractivity contribution in [2.75, 3.05) is 13.2 Å². The monoisotopic (exact) mass is 265 g/mol. The summed E-state index contributed by atoms with van der Waals surface area (Å²) in [6.45, 7) is 4.44. The van der Waals surface area contributed by atoms with E-state index in [0.717, 1.165) is 0 Å². The lowest BCUT2D eigenvalue weighted by Crippen LogP contribution is -2.29. The second-order valence-electron chi connectivity index (χ2n) is 4.34. The number of aliphatic carboxylic acids is 1. The molecule has 104 valence electrons. The van der Waals surface area contributed by atoms with E-state index in [1.54, 1.807) is 31.2 Å². The van der Waals surface area contributed by atoms with Gasteiger partial charge >= 0.3 is 5.97 Å². The standard InChI is InChI=1S/C14H19NO4/c1-3-19-12-7-5-4-6-11(12)14(18)15-9-10(2)8-13(16)17/h4-7,10H,3,8-9H2,1-2H3,(H,15,18)(H,16,17). The summed E-state index contributed by atoms with van der Waals surface area (Å²) in [4.78, 5) is 22.5.